The Balaban J connectivity index is 1.54. The van der Waals surface area contributed by atoms with Crippen molar-refractivity contribution in [2.75, 3.05) is 0 Å². The maximum Gasteiger partial charge on any atom is 0.270 e. The molecule has 0 aliphatic rings. The summed E-state index contributed by atoms with van der Waals surface area (Å²) in [6, 6.07) is 17.3. The second-order valence-corrected chi connectivity index (χ2v) is 6.38. The van der Waals surface area contributed by atoms with Gasteiger partial charge in [-0.25, -0.2) is 4.98 Å². The number of nitrogens with zero attached hydrogens (tertiary/aromatic N) is 2. The van der Waals surface area contributed by atoms with Crippen LogP contribution in [0.5, 0.6) is 0 Å². The van der Waals surface area contributed by atoms with Crippen molar-refractivity contribution in [2.24, 2.45) is 0 Å². The fourth-order valence-electron chi connectivity index (χ4n) is 2.70. The van der Waals surface area contributed by atoms with Gasteiger partial charge in [0, 0.05) is 29.1 Å². The summed E-state index contributed by atoms with van der Waals surface area (Å²) in [5.74, 6) is -0.189. The van der Waals surface area contributed by atoms with E-state index in [1.165, 1.54) is 0 Å². The van der Waals surface area contributed by atoms with E-state index in [1.54, 1.807) is 23.6 Å². The number of thiophene rings is 1. The van der Waals surface area contributed by atoms with Gasteiger partial charge in [-0.2, -0.15) is 11.3 Å². The van der Waals surface area contributed by atoms with Crippen LogP contribution in [0.1, 0.15) is 16.1 Å². The van der Waals surface area contributed by atoms with Crippen LogP contribution in [0.3, 0.4) is 0 Å². The van der Waals surface area contributed by atoms with Gasteiger partial charge in [-0.1, -0.05) is 30.3 Å². The number of nitrogens with one attached hydrogen (secondary N) is 1. The maximum absolute atomic E-state index is 12.5. The van der Waals surface area contributed by atoms with E-state index in [9.17, 15) is 4.79 Å². The van der Waals surface area contributed by atoms with Crippen molar-refractivity contribution in [1.82, 2.24) is 15.3 Å². The average Bonchev–Trinajstić information content (AvgIpc) is 3.20. The van der Waals surface area contributed by atoms with Gasteiger partial charge in [0.15, 0.2) is 0 Å². The first-order chi connectivity index (χ1) is 12.3. The van der Waals surface area contributed by atoms with Crippen LogP contribution in [0.4, 0.5) is 0 Å². The quantitative estimate of drug-likeness (QED) is 0.600. The Hall–Kier alpha value is -3.05. The molecule has 0 atom stereocenters. The van der Waals surface area contributed by atoms with Gasteiger partial charge in [-0.05, 0) is 35.2 Å². The minimum absolute atomic E-state index is 0.189. The highest BCUT2D eigenvalue weighted by Crippen LogP contribution is 2.23. The summed E-state index contributed by atoms with van der Waals surface area (Å²) in [5.41, 5.74) is 4.18. The summed E-state index contributed by atoms with van der Waals surface area (Å²) in [6.45, 7) is 0.409. The third kappa shape index (κ3) is 3.27. The summed E-state index contributed by atoms with van der Waals surface area (Å²) >= 11 is 1.63. The first kappa shape index (κ1) is 15.5. The molecule has 0 bridgehead atoms. The van der Waals surface area contributed by atoms with E-state index in [1.807, 2.05) is 53.9 Å². The van der Waals surface area contributed by atoms with Gasteiger partial charge in [0.05, 0.1) is 11.2 Å². The molecule has 4 aromatic rings. The second-order valence-electron chi connectivity index (χ2n) is 5.60. The van der Waals surface area contributed by atoms with Crippen molar-refractivity contribution < 1.29 is 4.79 Å². The largest absolute Gasteiger partial charge is 0.347 e. The minimum Gasteiger partial charge on any atom is -0.347 e. The van der Waals surface area contributed by atoms with Crippen molar-refractivity contribution in [3.63, 3.8) is 0 Å². The first-order valence-corrected chi connectivity index (χ1v) is 8.86. The summed E-state index contributed by atoms with van der Waals surface area (Å²) in [7, 11) is 0. The highest BCUT2D eigenvalue weighted by atomic mass is 32.1. The van der Waals surface area contributed by atoms with Crippen LogP contribution >= 0.6 is 11.3 Å². The maximum atomic E-state index is 12.5. The van der Waals surface area contributed by atoms with E-state index in [-0.39, 0.29) is 5.91 Å². The van der Waals surface area contributed by atoms with Gasteiger partial charge in [-0.15, -0.1) is 0 Å². The molecule has 1 N–H and O–H groups in total. The number of rotatable bonds is 4. The molecule has 0 radical (unpaired) electrons. The molecular formula is C20H15N3OS. The molecule has 5 heteroatoms. The van der Waals surface area contributed by atoms with Gasteiger partial charge < -0.3 is 5.32 Å². The van der Waals surface area contributed by atoms with Crippen LogP contribution in [0.2, 0.25) is 0 Å². The number of pyridine rings is 2. The van der Waals surface area contributed by atoms with Crippen LogP contribution in [0, 0.1) is 0 Å². The molecular weight excluding hydrogens is 330 g/mol. The monoisotopic (exact) mass is 345 g/mol. The lowest BCUT2D eigenvalue weighted by Gasteiger charge is -2.09. The first-order valence-electron chi connectivity index (χ1n) is 7.92. The molecule has 0 spiro atoms. The van der Waals surface area contributed by atoms with Gasteiger partial charge in [-0.3, -0.25) is 9.78 Å². The summed E-state index contributed by atoms with van der Waals surface area (Å²) in [5, 5.41) is 8.04. The molecule has 4 rings (SSSR count). The number of hydrogen-bond acceptors (Lipinski definition) is 4. The smallest absolute Gasteiger partial charge is 0.270 e. The summed E-state index contributed by atoms with van der Waals surface area (Å²) < 4.78 is 0. The molecule has 0 unspecified atom stereocenters. The number of amides is 1. The fourth-order valence-corrected chi connectivity index (χ4v) is 3.34. The Morgan fingerprint density at radius 1 is 1.04 bits per heavy atom. The van der Waals surface area contributed by atoms with Crippen molar-refractivity contribution in [3.8, 4) is 11.3 Å². The molecule has 1 amide bonds. The van der Waals surface area contributed by atoms with Crippen LogP contribution < -0.4 is 5.32 Å². The average molecular weight is 345 g/mol. The zero-order valence-corrected chi connectivity index (χ0v) is 14.2. The minimum atomic E-state index is -0.189. The van der Waals surface area contributed by atoms with E-state index >= 15 is 0 Å². The third-order valence-corrected chi connectivity index (χ3v) is 4.64. The molecule has 0 fully saturated rings. The Kier molecular flexibility index (Phi) is 4.23. The zero-order chi connectivity index (χ0) is 17.1. The Bertz CT molecular complexity index is 1030. The molecule has 3 aromatic heterocycles. The number of hydrogen-bond donors (Lipinski definition) is 1. The number of carbonyl (C=O) groups excluding carboxylic acids is 1. The number of para-hydroxylation sites is 1. The number of aromatic nitrogens is 2. The highest BCUT2D eigenvalue weighted by Gasteiger charge is 2.11. The van der Waals surface area contributed by atoms with Crippen LogP contribution in [-0.4, -0.2) is 15.9 Å². The number of fused-ring (bicyclic) bond motifs is 1. The zero-order valence-electron chi connectivity index (χ0n) is 13.3. The molecule has 25 heavy (non-hydrogen) atoms. The van der Waals surface area contributed by atoms with Gasteiger partial charge in [0.25, 0.3) is 5.91 Å². The fraction of sp³-hybridized carbons (Fsp3) is 0.0500. The highest BCUT2D eigenvalue weighted by molar-refractivity contribution is 7.08. The van der Waals surface area contributed by atoms with E-state index in [0.29, 0.717) is 12.2 Å². The standard InChI is InChI=1S/C20H15N3OS/c24-20(18-8-7-14-4-1-2-6-17(14)23-18)22-12-15-5-3-10-21-19(15)16-9-11-25-13-16/h1-11,13H,12H2,(H,22,24). The summed E-state index contributed by atoms with van der Waals surface area (Å²) in [4.78, 5) is 21.4. The predicted octanol–water partition coefficient (Wildman–Crippen LogP) is 4.29. The molecule has 122 valence electrons. The lowest BCUT2D eigenvalue weighted by Crippen LogP contribution is -2.24. The van der Waals surface area contributed by atoms with Crippen molar-refractivity contribution >= 4 is 28.1 Å². The molecule has 0 saturated carbocycles. The van der Waals surface area contributed by atoms with E-state index in [4.69, 9.17) is 0 Å². The number of benzene rings is 1. The van der Waals surface area contributed by atoms with Crippen LogP contribution in [0.25, 0.3) is 22.2 Å². The van der Waals surface area contributed by atoms with Crippen molar-refractivity contribution in [1.29, 1.82) is 0 Å². The van der Waals surface area contributed by atoms with Crippen LogP contribution in [0.15, 0.2) is 71.6 Å². The Morgan fingerprint density at radius 2 is 1.96 bits per heavy atom. The van der Waals surface area contributed by atoms with Gasteiger partial charge >= 0.3 is 0 Å². The van der Waals surface area contributed by atoms with Gasteiger partial charge in [0.2, 0.25) is 0 Å². The lowest BCUT2D eigenvalue weighted by molar-refractivity contribution is 0.0946. The van der Waals surface area contributed by atoms with E-state index in [0.717, 1.165) is 27.7 Å². The normalized spacial score (nSPS) is 10.7. The Morgan fingerprint density at radius 3 is 2.84 bits per heavy atom. The Labute approximate surface area is 149 Å². The topological polar surface area (TPSA) is 54.9 Å². The lowest BCUT2D eigenvalue weighted by atomic mass is 10.1. The number of carbonyl (C=O) groups is 1. The molecule has 1 aromatic carbocycles. The SMILES string of the molecule is O=C(NCc1cccnc1-c1ccsc1)c1ccc2ccccc2n1. The molecule has 0 aliphatic carbocycles. The molecule has 3 heterocycles. The van der Waals surface area contributed by atoms with E-state index < -0.39 is 0 Å². The van der Waals surface area contributed by atoms with Crippen LogP contribution in [-0.2, 0) is 6.54 Å². The predicted molar refractivity (Wildman–Crippen MR) is 100 cm³/mol. The third-order valence-electron chi connectivity index (χ3n) is 3.96. The second kappa shape index (κ2) is 6.83. The summed E-state index contributed by atoms with van der Waals surface area (Å²) in [6.07, 6.45) is 1.77. The molecule has 0 saturated heterocycles. The van der Waals surface area contributed by atoms with Crippen molar-refractivity contribution in [3.05, 3.63) is 82.8 Å². The van der Waals surface area contributed by atoms with E-state index in [2.05, 4.69) is 20.7 Å². The molecule has 4 nitrogen and oxygen atoms in total. The van der Waals surface area contributed by atoms with Gasteiger partial charge in [0.1, 0.15) is 5.69 Å². The molecule has 0 aliphatic heterocycles. The van der Waals surface area contributed by atoms with Crippen molar-refractivity contribution in [2.45, 2.75) is 6.54 Å².